The van der Waals surface area contributed by atoms with Gasteiger partial charge in [-0.3, -0.25) is 39.4 Å². The van der Waals surface area contributed by atoms with Crippen LogP contribution in [0, 0.1) is 43.9 Å². The number of aliphatic hydroxyl groups is 1. The lowest BCUT2D eigenvalue weighted by Crippen LogP contribution is -2.58. The first-order valence-corrected chi connectivity index (χ1v) is 17.7. The summed E-state index contributed by atoms with van der Waals surface area (Å²) < 4.78 is 6.19. The highest BCUT2D eigenvalue weighted by atomic mass is 16.6. The van der Waals surface area contributed by atoms with Gasteiger partial charge in [-0.2, -0.15) is 0 Å². The van der Waals surface area contributed by atoms with Gasteiger partial charge in [0.1, 0.15) is 18.1 Å². The molecule has 2 fully saturated rings. The highest BCUT2D eigenvalue weighted by Gasteiger charge is 2.66. The fraction of sp³-hybridized carbons (Fsp3) is 0.268. The molecular weight excluding hydrogens is 708 g/mol. The summed E-state index contributed by atoms with van der Waals surface area (Å²) in [6, 6.07) is 23.0. The fourth-order valence-electron chi connectivity index (χ4n) is 9.53. The lowest BCUT2D eigenvalue weighted by molar-refractivity contribution is -0.392. The monoisotopic (exact) mass is 742 g/mol. The van der Waals surface area contributed by atoms with Gasteiger partial charge < -0.3 is 14.4 Å². The molecule has 14 heteroatoms. The van der Waals surface area contributed by atoms with Crippen LogP contribution in [0.3, 0.4) is 0 Å². The molecular formula is C41H34N4O10. The van der Waals surface area contributed by atoms with Gasteiger partial charge in [-0.1, -0.05) is 72.3 Å². The number of allylic oxidation sites excluding steroid dienone is 4. The third-order valence-corrected chi connectivity index (χ3v) is 11.7. The van der Waals surface area contributed by atoms with Crippen molar-refractivity contribution < 1.29 is 38.5 Å². The normalized spacial score (nSPS) is 25.8. The Bertz CT molecular complexity index is 2350. The van der Waals surface area contributed by atoms with Crippen LogP contribution in [0.4, 0.5) is 22.7 Å². The van der Waals surface area contributed by atoms with E-state index in [4.69, 9.17) is 4.42 Å². The minimum absolute atomic E-state index is 0.00652. The van der Waals surface area contributed by atoms with E-state index in [-0.39, 0.29) is 47.1 Å². The lowest BCUT2D eigenvalue weighted by atomic mass is 9.45. The molecule has 0 bridgehead atoms. The summed E-state index contributed by atoms with van der Waals surface area (Å²) in [5, 5.41) is 34.4. The van der Waals surface area contributed by atoms with Gasteiger partial charge in [-0.15, -0.1) is 0 Å². The van der Waals surface area contributed by atoms with Crippen LogP contribution in [0.2, 0.25) is 0 Å². The molecule has 8 rings (SSSR count). The van der Waals surface area contributed by atoms with Crippen LogP contribution in [0.5, 0.6) is 0 Å². The van der Waals surface area contributed by atoms with Gasteiger partial charge in [-0.05, 0) is 48.1 Å². The molecule has 14 nitrogen and oxygen atoms in total. The molecule has 1 saturated heterocycles. The van der Waals surface area contributed by atoms with Crippen LogP contribution in [-0.4, -0.2) is 52.4 Å². The van der Waals surface area contributed by atoms with Crippen molar-refractivity contribution in [2.75, 3.05) is 23.9 Å². The molecule has 0 spiro atoms. The summed E-state index contributed by atoms with van der Waals surface area (Å²) in [7, 11) is 2.83. The summed E-state index contributed by atoms with van der Waals surface area (Å²) in [6.07, 6.45) is 3.25. The first kappa shape index (κ1) is 35.5. The Morgan fingerprint density at radius 1 is 0.873 bits per heavy atom. The summed E-state index contributed by atoms with van der Waals surface area (Å²) in [5.41, 5.74) is -1.52. The Morgan fingerprint density at radius 2 is 1.51 bits per heavy atom. The van der Waals surface area contributed by atoms with E-state index in [9.17, 15) is 34.9 Å². The SMILES string of the molecule is CN(C)c1c([N+](=O)[O-])cc(N2C(=O)C3CC=C4C(CC5C(=O)C(c6ccccc6)=CC(=O)C5(c5ccccc5)C4c4ccc(CO)o4)C3C2=O)cc1[N+](=O)[O-]. The number of hydrogen-bond acceptors (Lipinski definition) is 11. The number of carbonyl (C=O) groups is 4. The van der Waals surface area contributed by atoms with E-state index in [1.807, 2.05) is 6.08 Å². The molecule has 6 unspecified atom stereocenters. The molecule has 278 valence electrons. The predicted octanol–water partition coefficient (Wildman–Crippen LogP) is 5.68. The van der Waals surface area contributed by atoms with E-state index in [1.165, 1.54) is 25.1 Å². The van der Waals surface area contributed by atoms with Crippen molar-refractivity contribution >= 4 is 51.7 Å². The molecule has 55 heavy (non-hydrogen) atoms. The second-order valence-electron chi connectivity index (χ2n) is 14.5. The number of furan rings is 1. The Balaban J connectivity index is 1.32. The van der Waals surface area contributed by atoms with Crippen LogP contribution in [0.25, 0.3) is 5.57 Å². The van der Waals surface area contributed by atoms with Gasteiger partial charge in [0.2, 0.25) is 11.8 Å². The highest BCUT2D eigenvalue weighted by Crippen LogP contribution is 2.64. The van der Waals surface area contributed by atoms with Crippen molar-refractivity contribution in [3.8, 4) is 0 Å². The zero-order valence-corrected chi connectivity index (χ0v) is 29.7. The van der Waals surface area contributed by atoms with E-state index in [1.54, 1.807) is 72.8 Å². The van der Waals surface area contributed by atoms with Crippen molar-refractivity contribution in [1.29, 1.82) is 0 Å². The van der Waals surface area contributed by atoms with Gasteiger partial charge in [0, 0.05) is 37.7 Å². The zero-order valence-electron chi connectivity index (χ0n) is 29.7. The number of rotatable bonds is 8. The van der Waals surface area contributed by atoms with Gasteiger partial charge in [0.05, 0.1) is 38.7 Å². The Hall–Kier alpha value is -6.54. The average Bonchev–Trinajstić information content (AvgIpc) is 3.76. The predicted molar refractivity (Wildman–Crippen MR) is 198 cm³/mol. The minimum Gasteiger partial charge on any atom is -0.463 e. The molecule has 4 aromatic rings. The number of hydrogen-bond donors (Lipinski definition) is 1. The second kappa shape index (κ2) is 13.1. The number of anilines is 2. The first-order valence-electron chi connectivity index (χ1n) is 17.7. The van der Waals surface area contributed by atoms with Crippen molar-refractivity contribution in [1.82, 2.24) is 0 Å². The smallest absolute Gasteiger partial charge is 0.301 e. The van der Waals surface area contributed by atoms with Crippen molar-refractivity contribution in [2.24, 2.45) is 23.7 Å². The Kier molecular flexibility index (Phi) is 8.45. The summed E-state index contributed by atoms with van der Waals surface area (Å²) in [4.78, 5) is 83.9. The molecule has 1 aromatic heterocycles. The van der Waals surface area contributed by atoms with Crippen molar-refractivity contribution in [2.45, 2.75) is 30.8 Å². The third kappa shape index (κ3) is 5.19. The quantitative estimate of drug-likeness (QED) is 0.101. The maximum atomic E-state index is 15.1. The van der Waals surface area contributed by atoms with Crippen LogP contribution in [0.1, 0.15) is 41.4 Å². The number of benzene rings is 3. The maximum Gasteiger partial charge on any atom is 0.301 e. The van der Waals surface area contributed by atoms with E-state index in [0.717, 1.165) is 17.0 Å². The topological polar surface area (TPSA) is 194 Å². The molecule has 6 atom stereocenters. The minimum atomic E-state index is -1.54. The summed E-state index contributed by atoms with van der Waals surface area (Å²) >= 11 is 0. The zero-order chi connectivity index (χ0) is 38.9. The standard InChI is InChI=1S/C41H34N4O10/c1-42(2)37-31(44(51)52)17-24(18-32(37)45(53)54)43-39(49)27-15-14-26-29(35(27)40(43)50)19-30-38(48)28(22-9-5-3-6-10-22)20-34(47)41(30,23-11-7-4-8-12-23)36(26)33-16-13-25(21-46)55-33/h3-14,16-18,20,27,29-30,35-36,46H,15,19,21H2,1-2H3. The Labute approximate surface area is 313 Å². The second-order valence-corrected chi connectivity index (χ2v) is 14.5. The molecule has 3 aromatic carbocycles. The number of nitro groups is 2. The van der Waals surface area contributed by atoms with Crippen LogP contribution in [-0.2, 0) is 31.2 Å². The Morgan fingerprint density at radius 3 is 2.09 bits per heavy atom. The van der Waals surface area contributed by atoms with Gasteiger partial charge >= 0.3 is 11.4 Å². The van der Waals surface area contributed by atoms with Gasteiger partial charge in [0.15, 0.2) is 17.3 Å². The first-order chi connectivity index (χ1) is 26.4. The number of aliphatic hydroxyl groups excluding tert-OH is 1. The molecule has 1 saturated carbocycles. The number of ketones is 2. The largest absolute Gasteiger partial charge is 0.463 e. The van der Waals surface area contributed by atoms with E-state index < -0.39 is 74.6 Å². The maximum absolute atomic E-state index is 15.1. The molecule has 2 amide bonds. The van der Waals surface area contributed by atoms with Gasteiger partial charge in [0.25, 0.3) is 0 Å². The highest BCUT2D eigenvalue weighted by molar-refractivity contribution is 6.32. The number of fused-ring (bicyclic) bond motifs is 4. The molecule has 1 aliphatic heterocycles. The molecule has 1 N–H and O–H groups in total. The number of nitro benzene ring substituents is 2. The van der Waals surface area contributed by atoms with Crippen molar-refractivity contribution in [3.05, 3.63) is 146 Å². The number of carbonyl (C=O) groups excluding carboxylic acids is 4. The summed E-state index contributed by atoms with van der Waals surface area (Å²) in [6.45, 7) is -0.431. The molecule has 4 aliphatic rings. The van der Waals surface area contributed by atoms with Crippen molar-refractivity contribution in [3.63, 3.8) is 0 Å². The van der Waals surface area contributed by atoms with E-state index in [2.05, 4.69) is 0 Å². The fourth-order valence-corrected chi connectivity index (χ4v) is 9.53. The van der Waals surface area contributed by atoms with Crippen LogP contribution < -0.4 is 9.80 Å². The third-order valence-electron chi connectivity index (χ3n) is 11.7. The lowest BCUT2D eigenvalue weighted by Gasteiger charge is -2.54. The van der Waals surface area contributed by atoms with Crippen LogP contribution in [0.15, 0.2) is 107 Å². The molecule has 2 heterocycles. The molecule has 0 radical (unpaired) electrons. The molecule has 3 aliphatic carbocycles. The average molecular weight is 743 g/mol. The number of Topliss-reactive ketones (excluding diaryl/α,β-unsaturated/α-hetero) is 1. The summed E-state index contributed by atoms with van der Waals surface area (Å²) in [5.74, 6) is -6.35. The number of amides is 2. The number of nitrogens with zero attached hydrogens (tertiary/aromatic N) is 4. The van der Waals surface area contributed by atoms with E-state index in [0.29, 0.717) is 22.5 Å². The van der Waals surface area contributed by atoms with E-state index >= 15 is 9.59 Å². The van der Waals surface area contributed by atoms with Crippen LogP contribution >= 0.6 is 0 Å². The number of imide groups is 1. The van der Waals surface area contributed by atoms with Gasteiger partial charge in [-0.25, -0.2) is 4.90 Å².